The molecule has 1 rings (SSSR count). The Balaban J connectivity index is 2.71. The Hall–Kier alpha value is -0.980. The first kappa shape index (κ1) is 10.1. The second-order valence-corrected chi connectivity index (χ2v) is 3.88. The Morgan fingerprint density at radius 1 is 1.62 bits per heavy atom. The van der Waals surface area contributed by atoms with Crippen LogP contribution in [-0.2, 0) is 4.74 Å². The maximum absolute atomic E-state index is 5.53. The van der Waals surface area contributed by atoms with E-state index in [-0.39, 0.29) is 0 Å². The molecule has 72 valence electrons. The summed E-state index contributed by atoms with van der Waals surface area (Å²) in [6, 6.07) is 0. The molecule has 0 aliphatic carbocycles. The normalized spacial score (nSPS) is 23.5. The fourth-order valence-corrected chi connectivity index (χ4v) is 1.37. The van der Waals surface area contributed by atoms with Crippen LogP contribution in [0.1, 0.15) is 27.2 Å². The predicted octanol–water partition coefficient (Wildman–Crippen LogP) is 3.45. The van der Waals surface area contributed by atoms with Gasteiger partial charge in [-0.25, -0.2) is 0 Å². The SMILES string of the molecule is C=C(C)/C=C\C1=C(C)OCC(C)C1. The van der Waals surface area contributed by atoms with Crippen molar-refractivity contribution in [1.29, 1.82) is 0 Å². The van der Waals surface area contributed by atoms with E-state index in [1.54, 1.807) is 0 Å². The van der Waals surface area contributed by atoms with Crippen molar-refractivity contribution in [2.24, 2.45) is 5.92 Å². The van der Waals surface area contributed by atoms with Crippen LogP contribution in [0.5, 0.6) is 0 Å². The Morgan fingerprint density at radius 2 is 2.31 bits per heavy atom. The first-order valence-electron chi connectivity index (χ1n) is 4.75. The number of hydrogen-bond donors (Lipinski definition) is 0. The second-order valence-electron chi connectivity index (χ2n) is 3.88. The Kier molecular flexibility index (Phi) is 3.35. The first-order chi connectivity index (χ1) is 6.09. The van der Waals surface area contributed by atoms with Crippen molar-refractivity contribution in [2.45, 2.75) is 27.2 Å². The van der Waals surface area contributed by atoms with E-state index in [0.29, 0.717) is 5.92 Å². The van der Waals surface area contributed by atoms with Crippen LogP contribution in [0.2, 0.25) is 0 Å². The largest absolute Gasteiger partial charge is 0.498 e. The van der Waals surface area contributed by atoms with E-state index in [2.05, 4.69) is 19.6 Å². The highest BCUT2D eigenvalue weighted by molar-refractivity contribution is 5.28. The van der Waals surface area contributed by atoms with Crippen LogP contribution in [-0.4, -0.2) is 6.61 Å². The van der Waals surface area contributed by atoms with Crippen molar-refractivity contribution >= 4 is 0 Å². The third-order valence-electron chi connectivity index (χ3n) is 2.17. The third-order valence-corrected chi connectivity index (χ3v) is 2.17. The lowest BCUT2D eigenvalue weighted by molar-refractivity contribution is 0.151. The van der Waals surface area contributed by atoms with E-state index < -0.39 is 0 Å². The molecule has 13 heavy (non-hydrogen) atoms. The average molecular weight is 178 g/mol. The highest BCUT2D eigenvalue weighted by Crippen LogP contribution is 2.24. The van der Waals surface area contributed by atoms with E-state index in [4.69, 9.17) is 4.74 Å². The fourth-order valence-electron chi connectivity index (χ4n) is 1.37. The van der Waals surface area contributed by atoms with Crippen LogP contribution in [0.3, 0.4) is 0 Å². The maximum atomic E-state index is 5.53. The topological polar surface area (TPSA) is 9.23 Å². The van der Waals surface area contributed by atoms with Gasteiger partial charge < -0.3 is 4.74 Å². The van der Waals surface area contributed by atoms with Crippen molar-refractivity contribution in [3.05, 3.63) is 35.6 Å². The molecule has 1 aliphatic heterocycles. The maximum Gasteiger partial charge on any atom is 0.0960 e. The number of rotatable bonds is 2. The summed E-state index contributed by atoms with van der Waals surface area (Å²) in [5.41, 5.74) is 2.39. The summed E-state index contributed by atoms with van der Waals surface area (Å²) >= 11 is 0. The Morgan fingerprint density at radius 3 is 2.92 bits per heavy atom. The van der Waals surface area contributed by atoms with Crippen LogP contribution in [0.4, 0.5) is 0 Å². The molecule has 0 fully saturated rings. The van der Waals surface area contributed by atoms with E-state index in [0.717, 1.165) is 24.4 Å². The van der Waals surface area contributed by atoms with Crippen molar-refractivity contribution in [1.82, 2.24) is 0 Å². The third kappa shape index (κ3) is 3.10. The van der Waals surface area contributed by atoms with Crippen LogP contribution in [0.15, 0.2) is 35.6 Å². The fraction of sp³-hybridized carbons (Fsp3) is 0.500. The highest BCUT2D eigenvalue weighted by atomic mass is 16.5. The molecular weight excluding hydrogens is 160 g/mol. The van der Waals surface area contributed by atoms with Gasteiger partial charge in [0.1, 0.15) is 0 Å². The molecule has 1 heteroatoms. The van der Waals surface area contributed by atoms with Crippen molar-refractivity contribution in [3.8, 4) is 0 Å². The minimum absolute atomic E-state index is 0.633. The van der Waals surface area contributed by atoms with Gasteiger partial charge in [-0.2, -0.15) is 0 Å². The predicted molar refractivity (Wildman–Crippen MR) is 56.4 cm³/mol. The minimum Gasteiger partial charge on any atom is -0.498 e. The number of ether oxygens (including phenoxy) is 1. The molecule has 0 aromatic rings. The summed E-state index contributed by atoms with van der Waals surface area (Å²) < 4.78 is 5.53. The molecule has 0 N–H and O–H groups in total. The van der Waals surface area contributed by atoms with Gasteiger partial charge >= 0.3 is 0 Å². The summed E-state index contributed by atoms with van der Waals surface area (Å²) in [4.78, 5) is 0. The average Bonchev–Trinajstić information content (AvgIpc) is 2.06. The quantitative estimate of drug-likeness (QED) is 0.588. The molecule has 0 aromatic carbocycles. The Labute approximate surface area is 80.8 Å². The molecule has 1 atom stereocenters. The molecule has 0 amide bonds. The molecule has 1 heterocycles. The van der Waals surface area contributed by atoms with Crippen LogP contribution in [0, 0.1) is 5.92 Å². The molecule has 0 saturated carbocycles. The smallest absolute Gasteiger partial charge is 0.0960 e. The summed E-state index contributed by atoms with van der Waals surface area (Å²) in [5, 5.41) is 0. The summed E-state index contributed by atoms with van der Waals surface area (Å²) in [5.74, 6) is 1.70. The van der Waals surface area contributed by atoms with E-state index in [1.807, 2.05) is 19.9 Å². The zero-order chi connectivity index (χ0) is 9.84. The lowest BCUT2D eigenvalue weighted by atomic mass is 9.98. The van der Waals surface area contributed by atoms with Gasteiger partial charge in [0.15, 0.2) is 0 Å². The summed E-state index contributed by atoms with van der Waals surface area (Å²) in [6.07, 6.45) is 5.28. The molecular formula is C12H18O. The molecule has 1 unspecified atom stereocenters. The standard InChI is InChI=1S/C12H18O/c1-9(2)5-6-12-7-10(3)8-13-11(12)4/h5-6,10H,1,7-8H2,2-4H3/b6-5-. The minimum atomic E-state index is 0.633. The second kappa shape index (κ2) is 4.31. The van der Waals surface area contributed by atoms with Gasteiger partial charge in [0.2, 0.25) is 0 Å². The zero-order valence-corrected chi connectivity index (χ0v) is 8.76. The molecule has 0 saturated heterocycles. The van der Waals surface area contributed by atoms with E-state index in [1.165, 1.54) is 5.57 Å². The van der Waals surface area contributed by atoms with Crippen molar-refractivity contribution < 1.29 is 4.74 Å². The monoisotopic (exact) mass is 178 g/mol. The Bertz CT molecular complexity index is 258. The van der Waals surface area contributed by atoms with E-state index >= 15 is 0 Å². The first-order valence-corrected chi connectivity index (χ1v) is 4.75. The van der Waals surface area contributed by atoms with Crippen molar-refractivity contribution in [3.63, 3.8) is 0 Å². The molecule has 1 nitrogen and oxygen atoms in total. The summed E-state index contributed by atoms with van der Waals surface area (Å²) in [6.45, 7) is 10.9. The van der Waals surface area contributed by atoms with Gasteiger partial charge in [-0.1, -0.05) is 31.2 Å². The van der Waals surface area contributed by atoms with Gasteiger partial charge in [-0.15, -0.1) is 0 Å². The zero-order valence-electron chi connectivity index (χ0n) is 8.76. The summed E-state index contributed by atoms with van der Waals surface area (Å²) in [7, 11) is 0. The highest BCUT2D eigenvalue weighted by Gasteiger charge is 2.13. The van der Waals surface area contributed by atoms with Gasteiger partial charge in [0, 0.05) is 0 Å². The molecule has 0 radical (unpaired) electrons. The van der Waals surface area contributed by atoms with Gasteiger partial charge in [-0.05, 0) is 31.8 Å². The number of hydrogen-bond acceptors (Lipinski definition) is 1. The van der Waals surface area contributed by atoms with Crippen molar-refractivity contribution in [2.75, 3.05) is 6.61 Å². The lowest BCUT2D eigenvalue weighted by Crippen LogP contribution is -2.12. The van der Waals surface area contributed by atoms with Crippen LogP contribution < -0.4 is 0 Å². The van der Waals surface area contributed by atoms with Gasteiger partial charge in [-0.3, -0.25) is 0 Å². The molecule has 0 spiro atoms. The lowest BCUT2D eigenvalue weighted by Gasteiger charge is -2.22. The van der Waals surface area contributed by atoms with E-state index in [9.17, 15) is 0 Å². The number of allylic oxidation sites excluding steroid dienone is 5. The van der Waals surface area contributed by atoms with Crippen LogP contribution in [0.25, 0.3) is 0 Å². The van der Waals surface area contributed by atoms with Gasteiger partial charge in [0.05, 0.1) is 12.4 Å². The molecule has 0 bridgehead atoms. The van der Waals surface area contributed by atoms with Gasteiger partial charge in [0.25, 0.3) is 0 Å². The van der Waals surface area contributed by atoms with Crippen LogP contribution >= 0.6 is 0 Å². The molecule has 0 aromatic heterocycles. The molecule has 1 aliphatic rings.